The van der Waals surface area contributed by atoms with Crippen molar-refractivity contribution in [2.45, 2.75) is 26.3 Å². The lowest BCUT2D eigenvalue weighted by atomic mass is 10.1. The number of carbonyl (C=O) groups is 1. The van der Waals surface area contributed by atoms with Gasteiger partial charge < -0.3 is 15.7 Å². The zero-order valence-corrected chi connectivity index (χ0v) is 15.0. The third-order valence-corrected chi connectivity index (χ3v) is 4.56. The zero-order chi connectivity index (χ0) is 17.4. The Morgan fingerprint density at radius 1 is 1.48 bits per heavy atom. The van der Waals surface area contributed by atoms with E-state index in [0.29, 0.717) is 24.3 Å². The molecule has 0 bridgehead atoms. The van der Waals surface area contributed by atoms with Crippen molar-refractivity contribution in [2.24, 2.45) is 11.7 Å². The molecular formula is C17H22ClFN4O2. The molecule has 1 amide bonds. The first-order chi connectivity index (χ1) is 11.4. The van der Waals surface area contributed by atoms with Crippen LogP contribution in [0.1, 0.15) is 29.4 Å². The second-order valence-electron chi connectivity index (χ2n) is 6.38. The maximum absolute atomic E-state index is 13.2. The lowest BCUT2D eigenvalue weighted by Crippen LogP contribution is -2.34. The molecule has 2 unspecified atom stereocenters. The van der Waals surface area contributed by atoms with E-state index in [-0.39, 0.29) is 47.5 Å². The number of halogens is 2. The number of likely N-dealkylation sites (tertiary alicyclic amines) is 1. The van der Waals surface area contributed by atoms with E-state index in [1.54, 1.807) is 17.9 Å². The van der Waals surface area contributed by atoms with Gasteiger partial charge in [0, 0.05) is 12.6 Å². The lowest BCUT2D eigenvalue weighted by molar-refractivity contribution is 0.0734. The number of aromatic hydroxyl groups is 1. The Kier molecular flexibility index (Phi) is 5.69. The Balaban J connectivity index is 0.00000225. The standard InChI is InChI=1S/C17H21FN4O2.ClH/c1-10-5-13(18)3-4-14(10)22-9-15(23)16(20-22)17(24)21-8-12(7-19)6-11(21)2;/h3-5,9,11-12,23H,6-8,19H2,1-2H3;1H. The van der Waals surface area contributed by atoms with Crippen LogP contribution in [0.5, 0.6) is 5.75 Å². The molecular weight excluding hydrogens is 347 g/mol. The first kappa shape index (κ1) is 19.2. The quantitative estimate of drug-likeness (QED) is 0.870. The average molecular weight is 369 g/mol. The molecule has 0 radical (unpaired) electrons. The number of rotatable bonds is 3. The fraction of sp³-hybridized carbons (Fsp3) is 0.412. The molecule has 1 saturated heterocycles. The Bertz CT molecular complexity index is 780. The number of hydrogen-bond acceptors (Lipinski definition) is 4. The molecule has 3 N–H and O–H groups in total. The van der Waals surface area contributed by atoms with E-state index in [0.717, 1.165) is 6.42 Å². The molecule has 136 valence electrons. The van der Waals surface area contributed by atoms with E-state index in [4.69, 9.17) is 5.73 Å². The number of aromatic nitrogens is 2. The van der Waals surface area contributed by atoms with Gasteiger partial charge in [0.1, 0.15) is 5.82 Å². The van der Waals surface area contributed by atoms with Gasteiger partial charge in [-0.3, -0.25) is 4.79 Å². The highest BCUT2D eigenvalue weighted by Crippen LogP contribution is 2.27. The summed E-state index contributed by atoms with van der Waals surface area (Å²) in [5, 5.41) is 14.4. The molecule has 2 heterocycles. The zero-order valence-electron chi connectivity index (χ0n) is 14.1. The summed E-state index contributed by atoms with van der Waals surface area (Å²) < 4.78 is 14.6. The van der Waals surface area contributed by atoms with E-state index in [9.17, 15) is 14.3 Å². The molecule has 1 aliphatic heterocycles. The van der Waals surface area contributed by atoms with Crippen molar-refractivity contribution in [1.82, 2.24) is 14.7 Å². The summed E-state index contributed by atoms with van der Waals surface area (Å²) in [7, 11) is 0. The maximum Gasteiger partial charge on any atom is 0.278 e. The van der Waals surface area contributed by atoms with E-state index >= 15 is 0 Å². The highest BCUT2D eigenvalue weighted by Gasteiger charge is 2.34. The number of amides is 1. The van der Waals surface area contributed by atoms with Gasteiger partial charge in [0.2, 0.25) is 0 Å². The fourth-order valence-corrected chi connectivity index (χ4v) is 3.25. The monoisotopic (exact) mass is 368 g/mol. The Morgan fingerprint density at radius 2 is 2.20 bits per heavy atom. The molecule has 3 rings (SSSR count). The first-order valence-corrected chi connectivity index (χ1v) is 7.97. The van der Waals surface area contributed by atoms with E-state index in [1.807, 2.05) is 6.92 Å². The summed E-state index contributed by atoms with van der Waals surface area (Å²) in [5.74, 6) is -0.572. The number of benzene rings is 1. The van der Waals surface area contributed by atoms with Gasteiger partial charge >= 0.3 is 0 Å². The van der Waals surface area contributed by atoms with Crippen molar-refractivity contribution >= 4 is 18.3 Å². The predicted molar refractivity (Wildman–Crippen MR) is 94.8 cm³/mol. The molecule has 0 aliphatic carbocycles. The minimum absolute atomic E-state index is 0. The van der Waals surface area contributed by atoms with Gasteiger partial charge in [-0.1, -0.05) is 0 Å². The molecule has 1 aliphatic rings. The van der Waals surface area contributed by atoms with Crippen LogP contribution >= 0.6 is 12.4 Å². The van der Waals surface area contributed by atoms with Crippen LogP contribution in [0.25, 0.3) is 5.69 Å². The molecule has 2 aromatic rings. The van der Waals surface area contributed by atoms with E-state index < -0.39 is 0 Å². The number of nitrogens with zero attached hydrogens (tertiary/aromatic N) is 3. The fourth-order valence-electron chi connectivity index (χ4n) is 3.25. The molecule has 25 heavy (non-hydrogen) atoms. The SMILES string of the molecule is Cc1cc(F)ccc1-n1cc(O)c(C(=O)N2CC(CN)CC2C)n1.Cl. The van der Waals surface area contributed by atoms with Crippen molar-refractivity contribution in [3.63, 3.8) is 0 Å². The molecule has 0 saturated carbocycles. The Hall–Kier alpha value is -2.12. The van der Waals surface area contributed by atoms with Crippen molar-refractivity contribution in [2.75, 3.05) is 13.1 Å². The smallest absolute Gasteiger partial charge is 0.278 e. The van der Waals surface area contributed by atoms with Crippen molar-refractivity contribution in [3.8, 4) is 11.4 Å². The first-order valence-electron chi connectivity index (χ1n) is 7.97. The summed E-state index contributed by atoms with van der Waals surface area (Å²) in [6.07, 6.45) is 2.22. The van der Waals surface area contributed by atoms with Crippen molar-refractivity contribution < 1.29 is 14.3 Å². The maximum atomic E-state index is 13.2. The average Bonchev–Trinajstić information content (AvgIpc) is 3.09. The van der Waals surface area contributed by atoms with Crippen LogP contribution in [-0.4, -0.2) is 44.8 Å². The molecule has 2 atom stereocenters. The molecule has 1 aromatic carbocycles. The van der Waals surface area contributed by atoms with Crippen LogP contribution in [0, 0.1) is 18.7 Å². The minimum atomic E-state index is -0.345. The Labute approximate surface area is 151 Å². The molecule has 8 heteroatoms. The highest BCUT2D eigenvalue weighted by molar-refractivity contribution is 5.95. The van der Waals surface area contributed by atoms with E-state index in [1.165, 1.54) is 23.0 Å². The van der Waals surface area contributed by atoms with Crippen LogP contribution in [0.3, 0.4) is 0 Å². The van der Waals surface area contributed by atoms with Gasteiger partial charge in [-0.25, -0.2) is 9.07 Å². The number of carbonyl (C=O) groups excluding carboxylic acids is 1. The summed E-state index contributed by atoms with van der Waals surface area (Å²) in [6.45, 7) is 4.81. The van der Waals surface area contributed by atoms with Crippen LogP contribution in [-0.2, 0) is 0 Å². The topological polar surface area (TPSA) is 84.4 Å². The van der Waals surface area contributed by atoms with Crippen molar-refractivity contribution in [3.05, 3.63) is 41.5 Å². The number of nitrogens with two attached hydrogens (primary N) is 1. The van der Waals surface area contributed by atoms with Gasteiger partial charge in [-0.05, 0) is 56.5 Å². The van der Waals surface area contributed by atoms with Crippen LogP contribution < -0.4 is 5.73 Å². The normalized spacial score (nSPS) is 19.8. The largest absolute Gasteiger partial charge is 0.504 e. The second kappa shape index (κ2) is 7.41. The summed E-state index contributed by atoms with van der Waals surface area (Å²) in [6, 6.07) is 4.32. The lowest BCUT2D eigenvalue weighted by Gasteiger charge is -2.20. The third-order valence-electron chi connectivity index (χ3n) is 4.56. The van der Waals surface area contributed by atoms with Gasteiger partial charge in [0.25, 0.3) is 5.91 Å². The van der Waals surface area contributed by atoms with Gasteiger partial charge in [0.15, 0.2) is 11.4 Å². The van der Waals surface area contributed by atoms with Gasteiger partial charge in [0.05, 0.1) is 11.9 Å². The molecule has 1 aromatic heterocycles. The summed E-state index contributed by atoms with van der Waals surface area (Å²) in [5.41, 5.74) is 6.97. The van der Waals surface area contributed by atoms with Gasteiger partial charge in [-0.15, -0.1) is 12.4 Å². The summed E-state index contributed by atoms with van der Waals surface area (Å²) in [4.78, 5) is 14.4. The molecule has 1 fully saturated rings. The molecule has 0 spiro atoms. The van der Waals surface area contributed by atoms with Crippen LogP contribution in [0.2, 0.25) is 0 Å². The minimum Gasteiger partial charge on any atom is -0.504 e. The van der Waals surface area contributed by atoms with E-state index in [2.05, 4.69) is 5.10 Å². The van der Waals surface area contributed by atoms with Crippen LogP contribution in [0.15, 0.2) is 24.4 Å². The Morgan fingerprint density at radius 3 is 2.80 bits per heavy atom. The molecule has 6 nitrogen and oxygen atoms in total. The second-order valence-corrected chi connectivity index (χ2v) is 6.38. The third kappa shape index (κ3) is 3.62. The highest BCUT2D eigenvalue weighted by atomic mass is 35.5. The van der Waals surface area contributed by atoms with Crippen LogP contribution in [0.4, 0.5) is 4.39 Å². The number of hydrogen-bond donors (Lipinski definition) is 2. The summed E-state index contributed by atoms with van der Waals surface area (Å²) >= 11 is 0. The number of aryl methyl sites for hydroxylation is 1. The van der Waals surface area contributed by atoms with Gasteiger partial charge in [-0.2, -0.15) is 5.10 Å². The van der Waals surface area contributed by atoms with Crippen molar-refractivity contribution in [1.29, 1.82) is 0 Å². The predicted octanol–water partition coefficient (Wildman–Crippen LogP) is 2.26.